The quantitative estimate of drug-likeness (QED) is 0.872. The van der Waals surface area contributed by atoms with E-state index < -0.39 is 0 Å². The number of piperidine rings is 1. The first kappa shape index (κ1) is 12.0. The molecule has 0 atom stereocenters. The summed E-state index contributed by atoms with van der Waals surface area (Å²) in [6.07, 6.45) is 4.63. The molecule has 0 aromatic carbocycles. The number of aromatic nitrogens is 1. The van der Waals surface area contributed by atoms with Crippen molar-refractivity contribution < 1.29 is 0 Å². The number of nitrogens with zero attached hydrogens (tertiary/aromatic N) is 2. The maximum atomic E-state index is 5.51. The Hall–Kier alpha value is -0.450. The van der Waals surface area contributed by atoms with E-state index in [2.05, 4.69) is 17.3 Å². The molecule has 0 radical (unpaired) electrons. The largest absolute Gasteiger partial charge is 0.330 e. The van der Waals surface area contributed by atoms with Gasteiger partial charge in [-0.15, -0.1) is 11.3 Å². The van der Waals surface area contributed by atoms with Gasteiger partial charge in [-0.3, -0.25) is 0 Å². The second kappa shape index (κ2) is 5.75. The monoisotopic (exact) mass is 239 g/mol. The van der Waals surface area contributed by atoms with Crippen LogP contribution >= 0.6 is 11.3 Å². The van der Waals surface area contributed by atoms with E-state index in [4.69, 9.17) is 10.7 Å². The maximum absolute atomic E-state index is 5.51. The molecule has 1 aromatic heterocycles. The molecule has 1 fully saturated rings. The van der Waals surface area contributed by atoms with Crippen LogP contribution in [0, 0.1) is 0 Å². The van der Waals surface area contributed by atoms with Crippen LogP contribution in [-0.2, 0) is 6.42 Å². The average Bonchev–Trinajstić information content (AvgIpc) is 2.76. The van der Waals surface area contributed by atoms with E-state index in [0.717, 1.165) is 19.4 Å². The Morgan fingerprint density at radius 2 is 2.25 bits per heavy atom. The number of hydrogen-bond acceptors (Lipinski definition) is 4. The van der Waals surface area contributed by atoms with Crippen molar-refractivity contribution in [3.8, 4) is 0 Å². The third-order valence-corrected chi connectivity index (χ3v) is 4.23. The second-order valence-electron chi connectivity index (χ2n) is 4.64. The fourth-order valence-electron chi connectivity index (χ4n) is 2.19. The van der Waals surface area contributed by atoms with Crippen molar-refractivity contribution in [3.05, 3.63) is 16.1 Å². The van der Waals surface area contributed by atoms with E-state index in [0.29, 0.717) is 5.92 Å². The fourth-order valence-corrected chi connectivity index (χ4v) is 3.11. The number of aryl methyl sites for hydroxylation is 1. The molecule has 2 heterocycles. The molecule has 0 bridgehead atoms. The van der Waals surface area contributed by atoms with Crippen molar-refractivity contribution in [3.63, 3.8) is 0 Å². The van der Waals surface area contributed by atoms with Gasteiger partial charge in [-0.2, -0.15) is 0 Å². The summed E-state index contributed by atoms with van der Waals surface area (Å²) in [7, 11) is 2.20. The van der Waals surface area contributed by atoms with E-state index in [1.807, 2.05) is 0 Å². The van der Waals surface area contributed by atoms with E-state index in [-0.39, 0.29) is 0 Å². The SMILES string of the molecule is CN1CCC(c2csc(CCCN)n2)CC1. The first-order valence-electron chi connectivity index (χ1n) is 6.12. The minimum atomic E-state index is 0.694. The zero-order chi connectivity index (χ0) is 11.4. The molecule has 0 spiro atoms. The number of rotatable bonds is 4. The van der Waals surface area contributed by atoms with Gasteiger partial charge in [0.1, 0.15) is 0 Å². The standard InChI is InChI=1S/C12H21N3S/c1-15-7-4-10(5-8-15)11-9-16-12(14-11)3-2-6-13/h9-10H,2-8,13H2,1H3. The van der Waals surface area contributed by atoms with Crippen LogP contribution in [0.2, 0.25) is 0 Å². The first-order valence-corrected chi connectivity index (χ1v) is 7.00. The number of hydrogen-bond donors (Lipinski definition) is 1. The van der Waals surface area contributed by atoms with Crippen LogP contribution in [0.1, 0.15) is 35.9 Å². The van der Waals surface area contributed by atoms with Gasteiger partial charge < -0.3 is 10.6 Å². The van der Waals surface area contributed by atoms with Gasteiger partial charge in [-0.1, -0.05) is 0 Å². The summed E-state index contributed by atoms with van der Waals surface area (Å²) in [5, 5.41) is 3.52. The molecule has 3 nitrogen and oxygen atoms in total. The zero-order valence-corrected chi connectivity index (χ0v) is 10.8. The van der Waals surface area contributed by atoms with Gasteiger partial charge in [0.2, 0.25) is 0 Å². The van der Waals surface area contributed by atoms with Crippen molar-refractivity contribution in [2.24, 2.45) is 5.73 Å². The van der Waals surface area contributed by atoms with E-state index >= 15 is 0 Å². The Kier molecular flexibility index (Phi) is 4.32. The first-order chi connectivity index (χ1) is 7.79. The van der Waals surface area contributed by atoms with Crippen LogP contribution in [0.15, 0.2) is 5.38 Å². The Morgan fingerprint density at radius 3 is 2.94 bits per heavy atom. The predicted octanol–water partition coefficient (Wildman–Crippen LogP) is 1.84. The van der Waals surface area contributed by atoms with Gasteiger partial charge >= 0.3 is 0 Å². The Bertz CT molecular complexity index is 316. The summed E-state index contributed by atoms with van der Waals surface area (Å²) in [6, 6.07) is 0. The van der Waals surface area contributed by atoms with Crippen LogP contribution in [0.4, 0.5) is 0 Å². The van der Waals surface area contributed by atoms with Gasteiger partial charge in [0.25, 0.3) is 0 Å². The zero-order valence-electron chi connectivity index (χ0n) is 9.98. The van der Waals surface area contributed by atoms with Crippen LogP contribution < -0.4 is 5.73 Å². The molecule has 0 amide bonds. The lowest BCUT2D eigenvalue weighted by Gasteiger charge is -2.27. The van der Waals surface area contributed by atoms with Gasteiger partial charge in [0, 0.05) is 17.7 Å². The topological polar surface area (TPSA) is 42.1 Å². The molecule has 2 N–H and O–H groups in total. The van der Waals surface area contributed by atoms with Crippen molar-refractivity contribution in [2.75, 3.05) is 26.7 Å². The summed E-state index contributed by atoms with van der Waals surface area (Å²) < 4.78 is 0. The van der Waals surface area contributed by atoms with Crippen LogP contribution in [-0.4, -0.2) is 36.6 Å². The summed E-state index contributed by atoms with van der Waals surface area (Å²) in [5.41, 5.74) is 6.84. The molecule has 90 valence electrons. The van der Waals surface area contributed by atoms with Crippen molar-refractivity contribution in [2.45, 2.75) is 31.6 Å². The molecule has 16 heavy (non-hydrogen) atoms. The lowest BCUT2D eigenvalue weighted by molar-refractivity contribution is 0.253. The third-order valence-electron chi connectivity index (χ3n) is 3.30. The van der Waals surface area contributed by atoms with Crippen LogP contribution in [0.3, 0.4) is 0 Å². The normalized spacial score (nSPS) is 19.1. The van der Waals surface area contributed by atoms with Crippen LogP contribution in [0.25, 0.3) is 0 Å². The smallest absolute Gasteiger partial charge is 0.0928 e. The Morgan fingerprint density at radius 1 is 1.50 bits per heavy atom. The van der Waals surface area contributed by atoms with E-state index in [1.54, 1.807) is 11.3 Å². The molecule has 2 rings (SSSR count). The van der Waals surface area contributed by atoms with Gasteiger partial charge in [-0.05, 0) is 45.9 Å². The van der Waals surface area contributed by atoms with Crippen LogP contribution in [0.5, 0.6) is 0 Å². The summed E-state index contributed by atoms with van der Waals surface area (Å²) >= 11 is 1.80. The molecule has 0 aliphatic carbocycles. The minimum Gasteiger partial charge on any atom is -0.330 e. The third kappa shape index (κ3) is 3.03. The minimum absolute atomic E-state index is 0.694. The molecule has 0 saturated carbocycles. The molecule has 1 aromatic rings. The van der Waals surface area contributed by atoms with E-state index in [9.17, 15) is 0 Å². The highest BCUT2D eigenvalue weighted by Crippen LogP contribution is 2.28. The molecular weight excluding hydrogens is 218 g/mol. The van der Waals surface area contributed by atoms with E-state index in [1.165, 1.54) is 36.6 Å². The Balaban J connectivity index is 1.91. The summed E-state index contributed by atoms with van der Waals surface area (Å²) in [4.78, 5) is 7.14. The molecule has 1 aliphatic rings. The molecule has 1 saturated heterocycles. The lowest BCUT2D eigenvalue weighted by Crippen LogP contribution is -2.29. The Labute approximate surface area is 102 Å². The number of likely N-dealkylation sites (tertiary alicyclic amines) is 1. The fraction of sp³-hybridized carbons (Fsp3) is 0.750. The highest BCUT2D eigenvalue weighted by atomic mass is 32.1. The van der Waals surface area contributed by atoms with Gasteiger partial charge in [0.15, 0.2) is 0 Å². The number of nitrogens with two attached hydrogens (primary N) is 1. The van der Waals surface area contributed by atoms with Gasteiger partial charge in [0.05, 0.1) is 10.7 Å². The second-order valence-corrected chi connectivity index (χ2v) is 5.58. The molecular formula is C12H21N3S. The van der Waals surface area contributed by atoms with Crippen molar-refractivity contribution >= 4 is 11.3 Å². The highest BCUT2D eigenvalue weighted by molar-refractivity contribution is 7.09. The number of thiazole rings is 1. The average molecular weight is 239 g/mol. The van der Waals surface area contributed by atoms with Gasteiger partial charge in [-0.25, -0.2) is 4.98 Å². The maximum Gasteiger partial charge on any atom is 0.0928 e. The molecule has 1 aliphatic heterocycles. The lowest BCUT2D eigenvalue weighted by atomic mass is 9.95. The van der Waals surface area contributed by atoms with Crippen molar-refractivity contribution in [1.82, 2.24) is 9.88 Å². The highest BCUT2D eigenvalue weighted by Gasteiger charge is 2.20. The summed E-state index contributed by atoms with van der Waals surface area (Å²) in [5.74, 6) is 0.694. The summed E-state index contributed by atoms with van der Waals surface area (Å²) in [6.45, 7) is 3.18. The molecule has 4 heteroatoms. The predicted molar refractivity (Wildman–Crippen MR) is 69.0 cm³/mol. The van der Waals surface area contributed by atoms with Crippen molar-refractivity contribution in [1.29, 1.82) is 0 Å². The molecule has 0 unspecified atom stereocenters.